The maximum absolute atomic E-state index is 11.9. The van der Waals surface area contributed by atoms with Crippen molar-refractivity contribution >= 4 is 18.0 Å². The van der Waals surface area contributed by atoms with E-state index >= 15 is 0 Å². The molecule has 0 aromatic heterocycles. The fraction of sp³-hybridized carbons (Fsp3) is 0.389. The lowest BCUT2D eigenvalue weighted by Gasteiger charge is -2.22. The van der Waals surface area contributed by atoms with Crippen LogP contribution in [0.25, 0.3) is 0 Å². The van der Waals surface area contributed by atoms with Crippen LogP contribution in [0.4, 0.5) is 4.79 Å². The summed E-state index contributed by atoms with van der Waals surface area (Å²) in [6, 6.07) is 5.62. The first-order valence-electron chi connectivity index (χ1n) is 7.65. The van der Waals surface area contributed by atoms with E-state index in [0.717, 1.165) is 11.6 Å². The van der Waals surface area contributed by atoms with Crippen molar-refractivity contribution in [1.82, 2.24) is 5.32 Å². The molecule has 7 nitrogen and oxygen atoms in total. The number of carbonyl (C=O) groups excluding carboxylic acids is 3. The van der Waals surface area contributed by atoms with Crippen LogP contribution in [0, 0.1) is 0 Å². The summed E-state index contributed by atoms with van der Waals surface area (Å²) in [5, 5.41) is 2.49. The molecule has 0 saturated carbocycles. The molecule has 25 heavy (non-hydrogen) atoms. The van der Waals surface area contributed by atoms with Crippen molar-refractivity contribution in [1.29, 1.82) is 0 Å². The molecule has 136 valence electrons. The van der Waals surface area contributed by atoms with E-state index in [9.17, 15) is 14.4 Å². The summed E-state index contributed by atoms with van der Waals surface area (Å²) in [4.78, 5) is 34.9. The van der Waals surface area contributed by atoms with Crippen molar-refractivity contribution in [2.45, 2.75) is 38.8 Å². The van der Waals surface area contributed by atoms with Gasteiger partial charge in [0.15, 0.2) is 0 Å². The standard InChI is InChI=1S/C18H23NO6/c1-6-15(20)24-13-9-7-12(8-10-13)11-14(16(21)23-5)19-17(22)25-18(2,3)4/h6-10,14H,1,11H2,2-5H3,(H,19,22)/t14-/m0/s1. The summed E-state index contributed by atoms with van der Waals surface area (Å²) in [5.41, 5.74) is 0.0615. The Balaban J connectivity index is 2.78. The summed E-state index contributed by atoms with van der Waals surface area (Å²) >= 11 is 0. The molecule has 0 aliphatic carbocycles. The van der Waals surface area contributed by atoms with E-state index in [1.165, 1.54) is 7.11 Å². The van der Waals surface area contributed by atoms with Gasteiger partial charge in [-0.3, -0.25) is 0 Å². The first kappa shape index (κ1) is 20.2. The molecule has 1 atom stereocenters. The van der Waals surface area contributed by atoms with Crippen molar-refractivity contribution in [3.63, 3.8) is 0 Å². The second-order valence-electron chi connectivity index (χ2n) is 6.20. The Labute approximate surface area is 146 Å². The Bertz CT molecular complexity index is 630. The average Bonchev–Trinajstić information content (AvgIpc) is 2.53. The van der Waals surface area contributed by atoms with Gasteiger partial charge < -0.3 is 19.5 Å². The van der Waals surface area contributed by atoms with Crippen molar-refractivity contribution in [2.75, 3.05) is 7.11 Å². The molecule has 0 radical (unpaired) electrons. The highest BCUT2D eigenvalue weighted by Crippen LogP contribution is 2.15. The van der Waals surface area contributed by atoms with Crippen molar-refractivity contribution < 1.29 is 28.6 Å². The topological polar surface area (TPSA) is 90.9 Å². The van der Waals surface area contributed by atoms with E-state index in [2.05, 4.69) is 11.9 Å². The number of alkyl carbamates (subject to hydrolysis) is 1. The van der Waals surface area contributed by atoms with Gasteiger partial charge in [0, 0.05) is 12.5 Å². The fourth-order valence-electron chi connectivity index (χ4n) is 1.87. The number of rotatable bonds is 6. The Morgan fingerprint density at radius 2 is 1.80 bits per heavy atom. The van der Waals surface area contributed by atoms with Gasteiger partial charge >= 0.3 is 18.0 Å². The van der Waals surface area contributed by atoms with Crippen LogP contribution in [-0.2, 0) is 25.5 Å². The van der Waals surface area contributed by atoms with Crippen LogP contribution in [0.1, 0.15) is 26.3 Å². The molecule has 1 aromatic carbocycles. The third-order valence-electron chi connectivity index (χ3n) is 2.92. The molecule has 0 fully saturated rings. The van der Waals surface area contributed by atoms with Crippen LogP contribution >= 0.6 is 0 Å². The third-order valence-corrected chi connectivity index (χ3v) is 2.92. The predicted octanol–water partition coefficient (Wildman–Crippen LogP) is 2.39. The SMILES string of the molecule is C=CC(=O)Oc1ccc(C[C@H](NC(=O)OC(C)(C)C)C(=O)OC)cc1. The zero-order valence-corrected chi connectivity index (χ0v) is 14.8. The predicted molar refractivity (Wildman–Crippen MR) is 91.2 cm³/mol. The van der Waals surface area contributed by atoms with Gasteiger partial charge in [-0.05, 0) is 38.5 Å². The minimum Gasteiger partial charge on any atom is -0.467 e. The number of ether oxygens (including phenoxy) is 3. The number of methoxy groups -OCH3 is 1. The first-order chi connectivity index (χ1) is 11.6. The quantitative estimate of drug-likeness (QED) is 0.482. The Morgan fingerprint density at radius 1 is 1.20 bits per heavy atom. The van der Waals surface area contributed by atoms with Gasteiger partial charge in [-0.25, -0.2) is 14.4 Å². The minimum atomic E-state index is -0.901. The van der Waals surface area contributed by atoms with Gasteiger partial charge in [-0.2, -0.15) is 0 Å². The maximum Gasteiger partial charge on any atom is 0.408 e. The Morgan fingerprint density at radius 3 is 2.28 bits per heavy atom. The Kier molecular flexibility index (Phi) is 7.17. The van der Waals surface area contributed by atoms with Gasteiger partial charge in [0.25, 0.3) is 0 Å². The monoisotopic (exact) mass is 349 g/mol. The van der Waals surface area contributed by atoms with Gasteiger partial charge in [0.1, 0.15) is 17.4 Å². The number of carbonyl (C=O) groups is 3. The van der Waals surface area contributed by atoms with E-state index in [1.54, 1.807) is 45.0 Å². The Hall–Kier alpha value is -2.83. The molecule has 7 heteroatoms. The zero-order chi connectivity index (χ0) is 19.0. The lowest BCUT2D eigenvalue weighted by Crippen LogP contribution is -2.45. The van der Waals surface area contributed by atoms with Crippen LogP contribution in [0.3, 0.4) is 0 Å². The maximum atomic E-state index is 11.9. The van der Waals surface area contributed by atoms with Crippen LogP contribution in [0.5, 0.6) is 5.75 Å². The van der Waals surface area contributed by atoms with Gasteiger partial charge in [0.2, 0.25) is 0 Å². The lowest BCUT2D eigenvalue weighted by atomic mass is 10.1. The minimum absolute atomic E-state index is 0.196. The van der Waals surface area contributed by atoms with Crippen LogP contribution in [0.15, 0.2) is 36.9 Å². The van der Waals surface area contributed by atoms with E-state index in [1.807, 2.05) is 0 Å². The summed E-state index contributed by atoms with van der Waals surface area (Å²) in [7, 11) is 1.24. The van der Waals surface area contributed by atoms with Crippen LogP contribution in [-0.4, -0.2) is 36.8 Å². The first-order valence-corrected chi connectivity index (χ1v) is 7.65. The van der Waals surface area contributed by atoms with Crippen molar-refractivity contribution in [3.8, 4) is 5.75 Å². The molecule has 0 aliphatic heterocycles. The fourth-order valence-corrected chi connectivity index (χ4v) is 1.87. The number of benzene rings is 1. The molecular weight excluding hydrogens is 326 g/mol. The molecule has 1 N–H and O–H groups in total. The third kappa shape index (κ3) is 7.52. The number of esters is 2. The second kappa shape index (κ2) is 8.86. The normalized spacial score (nSPS) is 11.8. The van der Waals surface area contributed by atoms with Gasteiger partial charge in [-0.1, -0.05) is 18.7 Å². The van der Waals surface area contributed by atoms with Crippen LogP contribution in [0.2, 0.25) is 0 Å². The van der Waals surface area contributed by atoms with Gasteiger partial charge in [-0.15, -0.1) is 0 Å². The van der Waals surface area contributed by atoms with E-state index in [4.69, 9.17) is 14.2 Å². The van der Waals surface area contributed by atoms with Gasteiger partial charge in [0.05, 0.1) is 7.11 Å². The molecule has 1 amide bonds. The number of amides is 1. The molecular formula is C18H23NO6. The lowest BCUT2D eigenvalue weighted by molar-refractivity contribution is -0.143. The second-order valence-corrected chi connectivity index (χ2v) is 6.20. The molecule has 0 heterocycles. The summed E-state index contributed by atoms with van der Waals surface area (Å²) < 4.78 is 14.8. The van der Waals surface area contributed by atoms with Crippen LogP contribution < -0.4 is 10.1 Å². The number of nitrogens with one attached hydrogen (secondary N) is 1. The molecule has 0 bridgehead atoms. The molecule has 1 rings (SSSR count). The van der Waals surface area contributed by atoms with E-state index in [-0.39, 0.29) is 6.42 Å². The molecule has 1 aromatic rings. The highest BCUT2D eigenvalue weighted by atomic mass is 16.6. The van der Waals surface area contributed by atoms with Crippen molar-refractivity contribution in [2.24, 2.45) is 0 Å². The number of hydrogen-bond donors (Lipinski definition) is 1. The smallest absolute Gasteiger partial charge is 0.408 e. The largest absolute Gasteiger partial charge is 0.467 e. The number of hydrogen-bond acceptors (Lipinski definition) is 6. The molecule has 0 saturated heterocycles. The summed E-state index contributed by atoms with van der Waals surface area (Å²) in [6.07, 6.45) is 0.549. The summed E-state index contributed by atoms with van der Waals surface area (Å²) in [6.45, 7) is 8.49. The molecule has 0 unspecified atom stereocenters. The highest BCUT2D eigenvalue weighted by Gasteiger charge is 2.25. The zero-order valence-electron chi connectivity index (χ0n) is 14.8. The van der Waals surface area contributed by atoms with E-state index < -0.39 is 29.7 Å². The average molecular weight is 349 g/mol. The molecule has 0 spiro atoms. The van der Waals surface area contributed by atoms with Crippen molar-refractivity contribution in [3.05, 3.63) is 42.5 Å². The summed E-state index contributed by atoms with van der Waals surface area (Å²) in [5.74, 6) is -0.803. The highest BCUT2D eigenvalue weighted by molar-refractivity contribution is 5.83. The van der Waals surface area contributed by atoms with E-state index in [0.29, 0.717) is 5.75 Å². The molecule has 0 aliphatic rings.